The minimum absolute atomic E-state index is 1.51. The van der Waals surface area contributed by atoms with Gasteiger partial charge in [0.15, 0.2) is 0 Å². The SMILES string of the molecule is C=C[CH]O[13CH3]. The second kappa shape index (κ2) is 3.70. The predicted octanol–water partition coefficient (Wildman–Crippen LogP) is 0.981. The number of hydrogen-bond donors (Lipinski definition) is 0. The first-order valence-corrected chi connectivity index (χ1v) is 1.39. The van der Waals surface area contributed by atoms with Crippen LogP contribution in [-0.4, -0.2) is 7.11 Å². The first-order valence-electron chi connectivity index (χ1n) is 1.39. The van der Waals surface area contributed by atoms with Crippen molar-refractivity contribution in [2.45, 2.75) is 0 Å². The molecule has 5 heavy (non-hydrogen) atoms. The molecule has 1 nitrogen and oxygen atoms in total. The van der Waals surface area contributed by atoms with Gasteiger partial charge in [-0.05, 0) is 0 Å². The molecule has 29 valence electrons. The van der Waals surface area contributed by atoms with Crippen molar-refractivity contribution >= 4 is 0 Å². The number of ether oxygens (including phenoxy) is 1. The van der Waals surface area contributed by atoms with Crippen molar-refractivity contribution in [1.29, 1.82) is 0 Å². The molecule has 0 fully saturated rings. The summed E-state index contributed by atoms with van der Waals surface area (Å²) >= 11 is 0. The molecule has 1 radical (unpaired) electrons. The van der Waals surface area contributed by atoms with Crippen LogP contribution in [0, 0.1) is 6.61 Å². The summed E-state index contributed by atoms with van der Waals surface area (Å²) in [6.45, 7) is 4.88. The predicted molar refractivity (Wildman–Crippen MR) is 21.5 cm³/mol. The Balaban J connectivity index is 2.40. The lowest BCUT2D eigenvalue weighted by atomic mass is 10.7. The minimum atomic E-state index is 1.51. The summed E-state index contributed by atoms with van der Waals surface area (Å²) in [7, 11) is 1.58. The summed E-state index contributed by atoms with van der Waals surface area (Å²) in [4.78, 5) is 0. The zero-order valence-electron chi connectivity index (χ0n) is 3.27. The molecule has 0 saturated heterocycles. The average Bonchev–Trinajstić information content (AvgIpc) is 1.41. The molecule has 0 unspecified atom stereocenters. The summed E-state index contributed by atoms with van der Waals surface area (Å²) in [6.07, 6.45) is 1.58. The van der Waals surface area contributed by atoms with Gasteiger partial charge in [-0.1, -0.05) is 6.08 Å². The Hall–Kier alpha value is -0.300. The van der Waals surface area contributed by atoms with Crippen LogP contribution >= 0.6 is 0 Å². The molecule has 0 heterocycles. The van der Waals surface area contributed by atoms with Gasteiger partial charge in [-0.3, -0.25) is 0 Å². The molecule has 0 saturated carbocycles. The fourth-order valence-electron chi connectivity index (χ4n) is 0.0962. The Morgan fingerprint density at radius 2 is 2.40 bits per heavy atom. The second-order valence-corrected chi connectivity index (χ2v) is 0.607. The Labute approximate surface area is 32.3 Å². The van der Waals surface area contributed by atoms with Crippen LogP contribution in [0.15, 0.2) is 12.7 Å². The number of rotatable bonds is 2. The Bertz CT molecular complexity index is 24.8. The first-order chi connectivity index (χ1) is 2.41. The Kier molecular flexibility index (Phi) is 3.48. The normalized spacial score (nSPS) is 7.40. The van der Waals surface area contributed by atoms with Crippen LogP contribution < -0.4 is 0 Å². The smallest absolute Gasteiger partial charge is 0.105 e. The highest BCUT2D eigenvalue weighted by molar-refractivity contribution is 4.75. The molecular formula is C4H7O. The third-order valence-electron chi connectivity index (χ3n) is 0.232. The molecule has 0 rings (SSSR count). The van der Waals surface area contributed by atoms with Gasteiger partial charge in [0, 0.05) is 7.11 Å². The van der Waals surface area contributed by atoms with Gasteiger partial charge in [0.25, 0.3) is 0 Å². The number of hydrogen-bond acceptors (Lipinski definition) is 1. The average molecular weight is 72.1 g/mol. The van der Waals surface area contributed by atoms with Crippen molar-refractivity contribution in [3.8, 4) is 0 Å². The lowest BCUT2D eigenvalue weighted by Gasteiger charge is -1.78. The van der Waals surface area contributed by atoms with Gasteiger partial charge < -0.3 is 4.74 Å². The summed E-state index contributed by atoms with van der Waals surface area (Å²) in [5, 5.41) is 0. The van der Waals surface area contributed by atoms with Crippen molar-refractivity contribution in [2.75, 3.05) is 7.11 Å². The summed E-state index contributed by atoms with van der Waals surface area (Å²) in [6, 6.07) is 0. The van der Waals surface area contributed by atoms with Crippen molar-refractivity contribution in [2.24, 2.45) is 0 Å². The molecule has 0 amide bonds. The van der Waals surface area contributed by atoms with E-state index in [4.69, 9.17) is 0 Å². The van der Waals surface area contributed by atoms with Crippen LogP contribution in [0.4, 0.5) is 0 Å². The standard InChI is InChI=1S/C4H7O/c1-3-4-5-2/h3-4H,1H2,2H3/i2+1. The quantitative estimate of drug-likeness (QED) is 0.442. The monoisotopic (exact) mass is 72.1 g/mol. The van der Waals surface area contributed by atoms with Crippen LogP contribution in [0.2, 0.25) is 0 Å². The van der Waals surface area contributed by atoms with Gasteiger partial charge >= 0.3 is 0 Å². The zero-order chi connectivity index (χ0) is 4.12. The van der Waals surface area contributed by atoms with E-state index in [1.807, 2.05) is 0 Å². The molecule has 0 aromatic heterocycles. The first kappa shape index (κ1) is 4.70. The lowest BCUT2D eigenvalue weighted by molar-refractivity contribution is 0.297. The second-order valence-electron chi connectivity index (χ2n) is 0.607. The maximum Gasteiger partial charge on any atom is 0.105 e. The maximum absolute atomic E-state index is 4.45. The van der Waals surface area contributed by atoms with Gasteiger partial charge in [-0.25, -0.2) is 0 Å². The maximum atomic E-state index is 4.45. The fraction of sp³-hybridized carbons (Fsp3) is 0.250. The van der Waals surface area contributed by atoms with Crippen molar-refractivity contribution in [3.63, 3.8) is 0 Å². The van der Waals surface area contributed by atoms with E-state index in [-0.39, 0.29) is 0 Å². The third kappa shape index (κ3) is 3.70. The molecule has 0 spiro atoms. The summed E-state index contributed by atoms with van der Waals surface area (Å²) in [5.41, 5.74) is 0. The molecule has 0 N–H and O–H groups in total. The van der Waals surface area contributed by atoms with E-state index in [1.54, 1.807) is 13.2 Å². The lowest BCUT2D eigenvalue weighted by Crippen LogP contribution is -1.66. The molecule has 0 aliphatic carbocycles. The van der Waals surface area contributed by atoms with Gasteiger partial charge in [0.05, 0.1) is 0 Å². The van der Waals surface area contributed by atoms with Gasteiger partial charge in [-0.2, -0.15) is 0 Å². The van der Waals surface area contributed by atoms with Crippen LogP contribution in [-0.2, 0) is 4.74 Å². The van der Waals surface area contributed by atoms with Crippen LogP contribution in [0.1, 0.15) is 0 Å². The minimum Gasteiger partial charge on any atom is -0.374 e. The van der Waals surface area contributed by atoms with Crippen LogP contribution in [0.5, 0.6) is 0 Å². The molecule has 0 atom stereocenters. The van der Waals surface area contributed by atoms with Gasteiger partial charge in [-0.15, -0.1) is 6.58 Å². The highest BCUT2D eigenvalue weighted by Gasteiger charge is 1.60. The van der Waals surface area contributed by atoms with Crippen molar-refractivity contribution < 1.29 is 4.74 Å². The molecule has 0 aliphatic rings. The summed E-state index contributed by atoms with van der Waals surface area (Å²) in [5.74, 6) is 0. The van der Waals surface area contributed by atoms with Crippen LogP contribution in [0.25, 0.3) is 0 Å². The topological polar surface area (TPSA) is 9.23 Å². The van der Waals surface area contributed by atoms with Crippen LogP contribution in [0.3, 0.4) is 0 Å². The highest BCUT2D eigenvalue weighted by atomic mass is 16.5. The van der Waals surface area contributed by atoms with Gasteiger partial charge in [0.1, 0.15) is 6.61 Å². The zero-order valence-corrected chi connectivity index (χ0v) is 3.27. The van der Waals surface area contributed by atoms with E-state index >= 15 is 0 Å². The molecule has 0 aromatic rings. The van der Waals surface area contributed by atoms with E-state index in [0.717, 1.165) is 0 Å². The van der Waals surface area contributed by atoms with E-state index < -0.39 is 0 Å². The molecular weight excluding hydrogens is 65.0 g/mol. The van der Waals surface area contributed by atoms with E-state index in [0.29, 0.717) is 0 Å². The highest BCUT2D eigenvalue weighted by Crippen LogP contribution is 1.70. The molecule has 1 heteroatoms. The van der Waals surface area contributed by atoms with E-state index in [9.17, 15) is 0 Å². The Morgan fingerprint density at radius 1 is 1.80 bits per heavy atom. The van der Waals surface area contributed by atoms with E-state index in [1.165, 1.54) is 6.61 Å². The molecule has 0 aromatic carbocycles. The van der Waals surface area contributed by atoms with Gasteiger partial charge in [0.2, 0.25) is 0 Å². The van der Waals surface area contributed by atoms with Crippen molar-refractivity contribution in [1.82, 2.24) is 0 Å². The fourth-order valence-corrected chi connectivity index (χ4v) is 0.0962. The van der Waals surface area contributed by atoms with Crippen molar-refractivity contribution in [3.05, 3.63) is 19.3 Å². The molecule has 0 bridgehead atoms. The summed E-state index contributed by atoms with van der Waals surface area (Å²) < 4.78 is 4.45. The van der Waals surface area contributed by atoms with E-state index in [2.05, 4.69) is 11.3 Å². The molecule has 0 aliphatic heterocycles. The third-order valence-corrected chi connectivity index (χ3v) is 0.232. The Morgan fingerprint density at radius 3 is 2.40 bits per heavy atom. The largest absolute Gasteiger partial charge is 0.374 e. The number of methoxy groups -OCH3 is 1.